The SMILES string of the molecule is CCCNC(CC)CCCS(=O)(=O)c1cccc(F)c1. The fraction of sp³-hybridized carbons (Fsp3) is 0.600. The Balaban J connectivity index is 2.51. The van der Waals surface area contributed by atoms with Crippen LogP contribution in [0.2, 0.25) is 0 Å². The lowest BCUT2D eigenvalue weighted by atomic mass is 10.1. The van der Waals surface area contributed by atoms with E-state index in [-0.39, 0.29) is 10.6 Å². The van der Waals surface area contributed by atoms with Gasteiger partial charge >= 0.3 is 0 Å². The summed E-state index contributed by atoms with van der Waals surface area (Å²) in [6, 6.07) is 5.57. The number of sulfone groups is 1. The minimum absolute atomic E-state index is 0.0702. The minimum Gasteiger partial charge on any atom is -0.314 e. The van der Waals surface area contributed by atoms with Gasteiger partial charge in [0.25, 0.3) is 0 Å². The predicted octanol–water partition coefficient (Wildman–Crippen LogP) is 3.16. The summed E-state index contributed by atoms with van der Waals surface area (Å²) in [6.07, 6.45) is 3.47. The summed E-state index contributed by atoms with van der Waals surface area (Å²) in [5.74, 6) is -0.442. The van der Waals surface area contributed by atoms with Crippen molar-refractivity contribution in [2.45, 2.75) is 50.5 Å². The van der Waals surface area contributed by atoms with E-state index in [0.717, 1.165) is 31.9 Å². The fourth-order valence-electron chi connectivity index (χ4n) is 2.10. The van der Waals surface area contributed by atoms with Gasteiger partial charge in [0, 0.05) is 6.04 Å². The highest BCUT2D eigenvalue weighted by Crippen LogP contribution is 2.15. The molecule has 0 heterocycles. The summed E-state index contributed by atoms with van der Waals surface area (Å²) in [4.78, 5) is 0.0760. The van der Waals surface area contributed by atoms with Crippen LogP contribution < -0.4 is 5.32 Å². The van der Waals surface area contributed by atoms with Gasteiger partial charge in [-0.3, -0.25) is 0 Å². The minimum atomic E-state index is -3.37. The molecule has 0 radical (unpaired) electrons. The van der Waals surface area contributed by atoms with E-state index in [2.05, 4.69) is 19.2 Å². The van der Waals surface area contributed by atoms with Crippen LogP contribution in [-0.2, 0) is 9.84 Å². The van der Waals surface area contributed by atoms with E-state index < -0.39 is 15.7 Å². The van der Waals surface area contributed by atoms with Crippen LogP contribution in [0.5, 0.6) is 0 Å². The van der Waals surface area contributed by atoms with Gasteiger partial charge < -0.3 is 5.32 Å². The summed E-state index contributed by atoms with van der Waals surface area (Å²) in [7, 11) is -3.37. The molecule has 0 aliphatic rings. The van der Waals surface area contributed by atoms with Gasteiger partial charge in [0.1, 0.15) is 5.82 Å². The molecule has 1 unspecified atom stereocenters. The number of halogens is 1. The van der Waals surface area contributed by atoms with Crippen LogP contribution in [-0.4, -0.2) is 26.8 Å². The molecule has 1 rings (SSSR count). The quantitative estimate of drug-likeness (QED) is 0.762. The molecule has 0 saturated carbocycles. The van der Waals surface area contributed by atoms with Crippen molar-refractivity contribution in [1.29, 1.82) is 0 Å². The second-order valence-corrected chi connectivity index (χ2v) is 7.09. The molecule has 0 amide bonds. The zero-order valence-corrected chi connectivity index (χ0v) is 13.0. The predicted molar refractivity (Wildman–Crippen MR) is 80.1 cm³/mol. The molecule has 0 spiro atoms. The van der Waals surface area contributed by atoms with Crippen LogP contribution in [0, 0.1) is 5.82 Å². The smallest absolute Gasteiger partial charge is 0.178 e. The normalized spacial score (nSPS) is 13.3. The Hall–Kier alpha value is -0.940. The third-order valence-electron chi connectivity index (χ3n) is 3.30. The lowest BCUT2D eigenvalue weighted by molar-refractivity contribution is 0.463. The van der Waals surface area contributed by atoms with E-state index in [0.29, 0.717) is 12.5 Å². The van der Waals surface area contributed by atoms with Crippen LogP contribution >= 0.6 is 0 Å². The second-order valence-electron chi connectivity index (χ2n) is 4.98. The monoisotopic (exact) mass is 301 g/mol. The first-order valence-electron chi connectivity index (χ1n) is 7.21. The molecule has 1 N–H and O–H groups in total. The Bertz CT molecular complexity index is 502. The van der Waals surface area contributed by atoms with Crippen LogP contribution in [0.25, 0.3) is 0 Å². The molecule has 1 atom stereocenters. The third kappa shape index (κ3) is 5.59. The Morgan fingerprint density at radius 2 is 2.05 bits per heavy atom. The Labute approximate surface area is 121 Å². The second kappa shape index (κ2) is 8.37. The van der Waals surface area contributed by atoms with Gasteiger partial charge in [-0.05, 0) is 50.4 Å². The van der Waals surface area contributed by atoms with Gasteiger partial charge in [-0.2, -0.15) is 0 Å². The summed E-state index contributed by atoms with van der Waals surface area (Å²) >= 11 is 0. The molecule has 0 aliphatic heterocycles. The molecule has 20 heavy (non-hydrogen) atoms. The maximum absolute atomic E-state index is 13.1. The average molecular weight is 301 g/mol. The number of hydrogen-bond acceptors (Lipinski definition) is 3. The zero-order valence-electron chi connectivity index (χ0n) is 12.2. The number of hydrogen-bond donors (Lipinski definition) is 1. The highest BCUT2D eigenvalue weighted by Gasteiger charge is 2.15. The molecule has 0 saturated heterocycles. The van der Waals surface area contributed by atoms with Crippen molar-refractivity contribution in [3.63, 3.8) is 0 Å². The maximum atomic E-state index is 13.1. The van der Waals surface area contributed by atoms with Gasteiger partial charge in [-0.1, -0.05) is 19.9 Å². The van der Waals surface area contributed by atoms with Gasteiger partial charge in [0.2, 0.25) is 0 Å². The molecule has 3 nitrogen and oxygen atoms in total. The van der Waals surface area contributed by atoms with Crippen molar-refractivity contribution in [1.82, 2.24) is 5.32 Å². The standard InChI is InChI=1S/C15H24FNO2S/c1-3-10-17-14(4-2)8-6-11-20(18,19)15-9-5-7-13(16)12-15/h5,7,9,12,14,17H,3-4,6,8,10-11H2,1-2H3. The highest BCUT2D eigenvalue weighted by atomic mass is 32.2. The average Bonchev–Trinajstić information content (AvgIpc) is 2.42. The van der Waals surface area contributed by atoms with Gasteiger partial charge in [-0.15, -0.1) is 0 Å². The molecule has 5 heteroatoms. The summed E-state index contributed by atoms with van der Waals surface area (Å²) in [5, 5.41) is 3.40. The Kier molecular flexibility index (Phi) is 7.16. The largest absolute Gasteiger partial charge is 0.314 e. The highest BCUT2D eigenvalue weighted by molar-refractivity contribution is 7.91. The first-order valence-corrected chi connectivity index (χ1v) is 8.86. The van der Waals surface area contributed by atoms with E-state index >= 15 is 0 Å². The Morgan fingerprint density at radius 1 is 1.30 bits per heavy atom. The molecule has 0 aliphatic carbocycles. The molecule has 114 valence electrons. The first-order chi connectivity index (χ1) is 9.49. The van der Waals surface area contributed by atoms with Crippen LogP contribution in [0.4, 0.5) is 4.39 Å². The van der Waals surface area contributed by atoms with Crippen LogP contribution in [0.1, 0.15) is 39.5 Å². The zero-order chi connectivity index (χ0) is 15.0. The van der Waals surface area contributed by atoms with E-state index in [4.69, 9.17) is 0 Å². The van der Waals surface area contributed by atoms with Crippen molar-refractivity contribution in [3.8, 4) is 0 Å². The number of rotatable bonds is 9. The summed E-state index contributed by atoms with van der Waals surface area (Å²) < 4.78 is 37.2. The molecule has 0 aromatic heterocycles. The summed E-state index contributed by atoms with van der Waals surface area (Å²) in [6.45, 7) is 5.15. The van der Waals surface area contributed by atoms with E-state index in [9.17, 15) is 12.8 Å². The van der Waals surface area contributed by atoms with Crippen LogP contribution in [0.3, 0.4) is 0 Å². The van der Waals surface area contributed by atoms with Crippen molar-refractivity contribution in [3.05, 3.63) is 30.1 Å². The van der Waals surface area contributed by atoms with Crippen LogP contribution in [0.15, 0.2) is 29.2 Å². The van der Waals surface area contributed by atoms with E-state index in [1.807, 2.05) is 0 Å². The van der Waals surface area contributed by atoms with Gasteiger partial charge in [0.15, 0.2) is 9.84 Å². The molecule has 0 bridgehead atoms. The van der Waals surface area contributed by atoms with E-state index in [1.165, 1.54) is 18.2 Å². The number of nitrogens with one attached hydrogen (secondary N) is 1. The molecule has 1 aromatic rings. The number of benzene rings is 1. The van der Waals surface area contributed by atoms with Gasteiger partial charge in [0.05, 0.1) is 10.6 Å². The van der Waals surface area contributed by atoms with Crippen molar-refractivity contribution >= 4 is 9.84 Å². The van der Waals surface area contributed by atoms with Crippen molar-refractivity contribution in [2.24, 2.45) is 0 Å². The fourth-order valence-corrected chi connectivity index (χ4v) is 3.46. The topological polar surface area (TPSA) is 46.2 Å². The molecule has 1 aromatic carbocycles. The maximum Gasteiger partial charge on any atom is 0.178 e. The van der Waals surface area contributed by atoms with Gasteiger partial charge in [-0.25, -0.2) is 12.8 Å². The first kappa shape index (κ1) is 17.1. The van der Waals surface area contributed by atoms with E-state index in [1.54, 1.807) is 0 Å². The lowest BCUT2D eigenvalue weighted by Gasteiger charge is -2.16. The third-order valence-corrected chi connectivity index (χ3v) is 5.09. The van der Waals surface area contributed by atoms with Crippen molar-refractivity contribution < 1.29 is 12.8 Å². The molecular weight excluding hydrogens is 277 g/mol. The summed E-state index contributed by atoms with van der Waals surface area (Å²) in [5.41, 5.74) is 0. The Morgan fingerprint density at radius 3 is 2.65 bits per heavy atom. The van der Waals surface area contributed by atoms with Crippen molar-refractivity contribution in [2.75, 3.05) is 12.3 Å². The molecular formula is C15H24FNO2S. The lowest BCUT2D eigenvalue weighted by Crippen LogP contribution is -2.29. The molecule has 0 fully saturated rings.